The highest BCUT2D eigenvalue weighted by molar-refractivity contribution is 5.72. The van der Waals surface area contributed by atoms with Crippen LogP contribution in [0.1, 0.15) is 17.0 Å². The summed E-state index contributed by atoms with van der Waals surface area (Å²) in [6.07, 6.45) is 0.187. The average Bonchev–Trinajstić information content (AvgIpc) is 3.06. The van der Waals surface area contributed by atoms with Crippen LogP contribution in [0.15, 0.2) is 6.07 Å². The minimum atomic E-state index is -0.422. The van der Waals surface area contributed by atoms with Gasteiger partial charge in [-0.1, -0.05) is 0 Å². The number of methoxy groups -OCH3 is 1. The van der Waals surface area contributed by atoms with E-state index in [9.17, 15) is 14.3 Å². The average molecular weight is 391 g/mol. The Hall–Kier alpha value is -2.88. The molecule has 0 saturated carbocycles. The molecular weight excluding hydrogens is 369 g/mol. The van der Waals surface area contributed by atoms with Gasteiger partial charge in [0.2, 0.25) is 5.88 Å². The molecule has 2 aliphatic heterocycles. The fourth-order valence-electron chi connectivity index (χ4n) is 3.68. The minimum Gasteiger partial charge on any atom is -0.474 e. The first kappa shape index (κ1) is 18.5. The Morgan fingerprint density at radius 2 is 2.25 bits per heavy atom. The number of amides is 1. The van der Waals surface area contributed by atoms with Crippen molar-refractivity contribution >= 4 is 17.6 Å². The highest BCUT2D eigenvalue weighted by Gasteiger charge is 2.33. The Morgan fingerprint density at radius 1 is 1.43 bits per heavy atom. The van der Waals surface area contributed by atoms with Crippen molar-refractivity contribution in [3.05, 3.63) is 28.8 Å². The summed E-state index contributed by atoms with van der Waals surface area (Å²) in [5, 5.41) is 14.1. The number of aromatic nitrogens is 3. The first-order valence-corrected chi connectivity index (χ1v) is 9.13. The molecule has 0 radical (unpaired) electrons. The maximum atomic E-state index is 14.2. The SMILES string of the molecule is COC(=O)N1CCc2c(c(N3CCOc4nc(C)c(F)cc43)nn2CCO)C1. The normalized spacial score (nSPS) is 15.7. The van der Waals surface area contributed by atoms with Crippen LogP contribution in [0, 0.1) is 12.7 Å². The zero-order chi connectivity index (χ0) is 19.8. The van der Waals surface area contributed by atoms with E-state index < -0.39 is 11.9 Å². The fourth-order valence-corrected chi connectivity index (χ4v) is 3.68. The standard InChI is InChI=1S/C18H22FN5O4/c1-11-13(19)9-15-17(20-11)28-8-6-23(15)16-12-10-22(18(26)27-2)4-3-14(12)24(21-16)5-7-25/h9,25H,3-8,10H2,1-2H3. The Kier molecular flexibility index (Phi) is 4.80. The number of carbonyl (C=O) groups excluding carboxylic acids is 1. The predicted octanol–water partition coefficient (Wildman–Crippen LogP) is 1.37. The number of nitrogens with zero attached hydrogens (tertiary/aromatic N) is 5. The molecule has 2 aromatic rings. The molecule has 10 heteroatoms. The number of carbonyl (C=O) groups is 1. The third kappa shape index (κ3) is 3.03. The molecule has 2 aromatic heterocycles. The molecule has 1 N–H and O–H groups in total. The second-order valence-electron chi connectivity index (χ2n) is 6.72. The van der Waals surface area contributed by atoms with Crippen molar-refractivity contribution in [1.82, 2.24) is 19.7 Å². The van der Waals surface area contributed by atoms with E-state index in [1.807, 2.05) is 4.90 Å². The van der Waals surface area contributed by atoms with E-state index in [-0.39, 0.29) is 12.3 Å². The largest absolute Gasteiger partial charge is 0.474 e. The number of hydrogen-bond donors (Lipinski definition) is 1. The lowest BCUT2D eigenvalue weighted by atomic mass is 10.1. The van der Waals surface area contributed by atoms with E-state index in [1.54, 1.807) is 16.5 Å². The van der Waals surface area contributed by atoms with Crippen LogP contribution in [-0.2, 0) is 24.2 Å². The van der Waals surface area contributed by atoms with Crippen LogP contribution in [0.3, 0.4) is 0 Å². The molecule has 0 aromatic carbocycles. The van der Waals surface area contributed by atoms with Crippen molar-refractivity contribution in [1.29, 1.82) is 0 Å². The third-order valence-electron chi connectivity index (χ3n) is 5.05. The number of fused-ring (bicyclic) bond motifs is 2. The number of aryl methyl sites for hydroxylation is 1. The van der Waals surface area contributed by atoms with E-state index in [2.05, 4.69) is 10.1 Å². The molecule has 0 spiro atoms. The van der Waals surface area contributed by atoms with Gasteiger partial charge in [0.1, 0.15) is 18.1 Å². The number of rotatable bonds is 3. The Labute approximate surface area is 161 Å². The van der Waals surface area contributed by atoms with E-state index in [0.29, 0.717) is 56.6 Å². The number of halogens is 1. The van der Waals surface area contributed by atoms with Crippen LogP contribution < -0.4 is 9.64 Å². The van der Waals surface area contributed by atoms with Crippen LogP contribution in [0.5, 0.6) is 5.88 Å². The molecule has 4 rings (SSSR count). The number of anilines is 2. The van der Waals surface area contributed by atoms with Crippen LogP contribution >= 0.6 is 0 Å². The minimum absolute atomic E-state index is 0.0522. The van der Waals surface area contributed by atoms with Gasteiger partial charge >= 0.3 is 6.09 Å². The summed E-state index contributed by atoms with van der Waals surface area (Å²) in [5.41, 5.74) is 2.59. The highest BCUT2D eigenvalue weighted by Crippen LogP contribution is 2.39. The smallest absolute Gasteiger partial charge is 0.409 e. The monoisotopic (exact) mass is 391 g/mol. The van der Waals surface area contributed by atoms with Crippen molar-refractivity contribution in [3.8, 4) is 5.88 Å². The van der Waals surface area contributed by atoms with Crippen molar-refractivity contribution < 1.29 is 23.8 Å². The van der Waals surface area contributed by atoms with Gasteiger partial charge in [0.15, 0.2) is 5.82 Å². The first-order valence-electron chi connectivity index (χ1n) is 9.13. The topological polar surface area (TPSA) is 93.0 Å². The number of hydrogen-bond acceptors (Lipinski definition) is 7. The van der Waals surface area contributed by atoms with E-state index >= 15 is 0 Å². The molecule has 0 saturated heterocycles. The second-order valence-corrected chi connectivity index (χ2v) is 6.72. The van der Waals surface area contributed by atoms with Crippen molar-refractivity contribution in [2.75, 3.05) is 38.3 Å². The van der Waals surface area contributed by atoms with Crippen molar-refractivity contribution in [2.24, 2.45) is 0 Å². The van der Waals surface area contributed by atoms with Gasteiger partial charge < -0.3 is 24.4 Å². The van der Waals surface area contributed by atoms with Crippen LogP contribution in [0.25, 0.3) is 0 Å². The van der Waals surface area contributed by atoms with Crippen molar-refractivity contribution in [2.45, 2.75) is 26.4 Å². The quantitative estimate of drug-likeness (QED) is 0.845. The zero-order valence-electron chi connectivity index (χ0n) is 15.8. The summed E-state index contributed by atoms with van der Waals surface area (Å²) in [6, 6.07) is 1.40. The van der Waals surface area contributed by atoms with E-state index in [0.717, 1.165) is 11.3 Å². The molecule has 150 valence electrons. The molecule has 4 heterocycles. The molecule has 2 aliphatic rings. The molecule has 9 nitrogen and oxygen atoms in total. The lowest BCUT2D eigenvalue weighted by Gasteiger charge is -2.31. The van der Waals surface area contributed by atoms with Gasteiger partial charge in [-0.25, -0.2) is 14.2 Å². The fraction of sp³-hybridized carbons (Fsp3) is 0.500. The van der Waals surface area contributed by atoms with Gasteiger partial charge in [-0.3, -0.25) is 4.68 Å². The molecule has 0 atom stereocenters. The van der Waals surface area contributed by atoms with Crippen molar-refractivity contribution in [3.63, 3.8) is 0 Å². The summed E-state index contributed by atoms with van der Waals surface area (Å²) in [7, 11) is 1.35. The zero-order valence-corrected chi connectivity index (χ0v) is 15.8. The molecule has 1 amide bonds. The summed E-state index contributed by atoms with van der Waals surface area (Å²) in [5.74, 6) is 0.553. The predicted molar refractivity (Wildman–Crippen MR) is 97.3 cm³/mol. The molecule has 0 unspecified atom stereocenters. The lowest BCUT2D eigenvalue weighted by molar-refractivity contribution is 0.118. The summed E-state index contributed by atoms with van der Waals surface area (Å²) in [6.45, 7) is 3.57. The molecule has 28 heavy (non-hydrogen) atoms. The van der Waals surface area contributed by atoms with Gasteiger partial charge in [-0.05, 0) is 6.92 Å². The highest BCUT2D eigenvalue weighted by atomic mass is 19.1. The maximum Gasteiger partial charge on any atom is 0.409 e. The third-order valence-corrected chi connectivity index (χ3v) is 5.05. The Bertz CT molecular complexity index is 916. The van der Waals surface area contributed by atoms with Gasteiger partial charge in [0.05, 0.1) is 39.0 Å². The number of aliphatic hydroxyl groups excluding tert-OH is 1. The summed E-state index contributed by atoms with van der Waals surface area (Å²) >= 11 is 0. The molecule has 0 fully saturated rings. The van der Waals surface area contributed by atoms with Crippen LogP contribution in [0.4, 0.5) is 20.7 Å². The number of pyridine rings is 1. The Balaban J connectivity index is 1.79. The number of ether oxygens (including phenoxy) is 2. The number of aliphatic hydroxyl groups is 1. The van der Waals surface area contributed by atoms with E-state index in [4.69, 9.17) is 9.47 Å². The maximum absolute atomic E-state index is 14.2. The van der Waals surface area contributed by atoms with Gasteiger partial charge in [-0.15, -0.1) is 0 Å². The van der Waals surface area contributed by atoms with E-state index in [1.165, 1.54) is 13.2 Å². The summed E-state index contributed by atoms with van der Waals surface area (Å²) < 4.78 is 26.4. The van der Waals surface area contributed by atoms with Crippen LogP contribution in [-0.4, -0.2) is 64.3 Å². The molecule has 0 aliphatic carbocycles. The van der Waals surface area contributed by atoms with Gasteiger partial charge in [0.25, 0.3) is 0 Å². The lowest BCUT2D eigenvalue weighted by Crippen LogP contribution is -2.37. The second kappa shape index (κ2) is 7.27. The Morgan fingerprint density at radius 3 is 3.00 bits per heavy atom. The molecular formula is C18H22FN5O4. The first-order chi connectivity index (χ1) is 13.5. The van der Waals surface area contributed by atoms with Crippen LogP contribution in [0.2, 0.25) is 0 Å². The van der Waals surface area contributed by atoms with Gasteiger partial charge in [0, 0.05) is 30.3 Å². The molecule has 0 bridgehead atoms. The van der Waals surface area contributed by atoms with Gasteiger partial charge in [-0.2, -0.15) is 5.10 Å². The summed E-state index contributed by atoms with van der Waals surface area (Å²) in [4.78, 5) is 19.7.